The van der Waals surface area contributed by atoms with E-state index in [-0.39, 0.29) is 5.75 Å². The van der Waals surface area contributed by atoms with E-state index in [1.54, 1.807) is 6.07 Å². The second-order valence-electron chi connectivity index (χ2n) is 4.61. The molecule has 1 aliphatic rings. The lowest BCUT2D eigenvalue weighted by Gasteiger charge is -2.20. The van der Waals surface area contributed by atoms with E-state index in [9.17, 15) is 13.2 Å². The van der Waals surface area contributed by atoms with Gasteiger partial charge >= 0.3 is 6.18 Å². The van der Waals surface area contributed by atoms with Crippen LogP contribution in [0.3, 0.4) is 0 Å². The zero-order chi connectivity index (χ0) is 13.2. The second kappa shape index (κ2) is 5.18. The van der Waals surface area contributed by atoms with Gasteiger partial charge in [0.2, 0.25) is 0 Å². The van der Waals surface area contributed by atoms with E-state index in [0.29, 0.717) is 12.6 Å². The summed E-state index contributed by atoms with van der Waals surface area (Å²) in [5.41, 5.74) is -0.667. The molecule has 1 atom stereocenters. The van der Waals surface area contributed by atoms with Crippen molar-refractivity contribution in [2.45, 2.75) is 25.1 Å². The molecule has 0 saturated carbocycles. The summed E-state index contributed by atoms with van der Waals surface area (Å²) in [6.45, 7) is 1.47. The molecule has 1 heterocycles. The van der Waals surface area contributed by atoms with E-state index in [1.165, 1.54) is 6.07 Å². The Balaban J connectivity index is 1.97. The van der Waals surface area contributed by atoms with E-state index in [0.717, 1.165) is 31.5 Å². The largest absolute Gasteiger partial charge is 0.492 e. The van der Waals surface area contributed by atoms with Gasteiger partial charge in [0.15, 0.2) is 0 Å². The second-order valence-corrected chi connectivity index (χ2v) is 4.61. The molecule has 0 spiro atoms. The molecule has 5 heteroatoms. The maximum absolute atomic E-state index is 12.5. The Hall–Kier alpha value is -1.23. The molecule has 0 aromatic heterocycles. The molecule has 100 valence electrons. The fourth-order valence-corrected chi connectivity index (χ4v) is 2.14. The Morgan fingerprint density at radius 1 is 1.39 bits per heavy atom. The van der Waals surface area contributed by atoms with Gasteiger partial charge < -0.3 is 9.64 Å². The Morgan fingerprint density at radius 2 is 2.17 bits per heavy atom. The van der Waals surface area contributed by atoms with Crippen molar-refractivity contribution in [2.75, 3.05) is 20.2 Å². The van der Waals surface area contributed by atoms with E-state index < -0.39 is 11.7 Å². The molecule has 1 unspecified atom stereocenters. The fourth-order valence-electron chi connectivity index (χ4n) is 2.14. The van der Waals surface area contributed by atoms with Crippen LogP contribution in [0.15, 0.2) is 24.3 Å². The minimum absolute atomic E-state index is 0.283. The Bertz CT molecular complexity index is 405. The predicted octanol–water partition coefficient (Wildman–Crippen LogP) is 3.18. The van der Waals surface area contributed by atoms with Crippen LogP contribution in [0.2, 0.25) is 0 Å². The van der Waals surface area contributed by atoms with E-state index in [2.05, 4.69) is 4.90 Å². The van der Waals surface area contributed by atoms with Crippen LogP contribution in [0, 0.1) is 0 Å². The summed E-state index contributed by atoms with van der Waals surface area (Å²) in [7, 11) is 2.01. The van der Waals surface area contributed by atoms with Gasteiger partial charge in [0.25, 0.3) is 0 Å². The third kappa shape index (κ3) is 3.16. The van der Waals surface area contributed by atoms with E-state index >= 15 is 0 Å². The molecular weight excluding hydrogens is 243 g/mol. The van der Waals surface area contributed by atoms with Gasteiger partial charge in [-0.05, 0) is 44.6 Å². The molecule has 1 aromatic rings. The minimum atomic E-state index is -4.32. The first-order valence-corrected chi connectivity index (χ1v) is 5.97. The summed E-state index contributed by atoms with van der Waals surface area (Å²) in [5.74, 6) is 0.283. The maximum Gasteiger partial charge on any atom is 0.416 e. The summed E-state index contributed by atoms with van der Waals surface area (Å²) in [6, 6.07) is 5.34. The van der Waals surface area contributed by atoms with Crippen molar-refractivity contribution in [1.29, 1.82) is 0 Å². The molecule has 1 aliphatic heterocycles. The molecule has 0 amide bonds. The van der Waals surface area contributed by atoms with Crippen molar-refractivity contribution in [3.63, 3.8) is 0 Å². The smallest absolute Gasteiger partial charge is 0.416 e. The minimum Gasteiger partial charge on any atom is -0.492 e. The van der Waals surface area contributed by atoms with Crippen LogP contribution in [0.5, 0.6) is 5.75 Å². The van der Waals surface area contributed by atoms with Crippen LogP contribution < -0.4 is 4.74 Å². The van der Waals surface area contributed by atoms with E-state index in [1.807, 2.05) is 7.05 Å². The highest BCUT2D eigenvalue weighted by atomic mass is 19.4. The normalized spacial score (nSPS) is 21.2. The summed E-state index contributed by atoms with van der Waals surface area (Å²) >= 11 is 0. The highest BCUT2D eigenvalue weighted by molar-refractivity contribution is 5.30. The zero-order valence-electron chi connectivity index (χ0n) is 10.2. The molecule has 1 saturated heterocycles. The van der Waals surface area contributed by atoms with Crippen LogP contribution in [0.1, 0.15) is 18.4 Å². The van der Waals surface area contributed by atoms with Gasteiger partial charge in [-0.3, -0.25) is 0 Å². The third-order valence-corrected chi connectivity index (χ3v) is 3.28. The van der Waals surface area contributed by atoms with E-state index in [4.69, 9.17) is 4.74 Å². The molecule has 0 N–H and O–H groups in total. The van der Waals surface area contributed by atoms with Gasteiger partial charge in [-0.25, -0.2) is 0 Å². The zero-order valence-corrected chi connectivity index (χ0v) is 10.2. The molecule has 1 fully saturated rings. The average molecular weight is 259 g/mol. The third-order valence-electron chi connectivity index (χ3n) is 3.28. The average Bonchev–Trinajstić information content (AvgIpc) is 2.72. The van der Waals surface area contributed by atoms with Gasteiger partial charge in [0, 0.05) is 6.04 Å². The molecule has 2 nitrogen and oxygen atoms in total. The molecule has 0 aliphatic carbocycles. The Labute approximate surface area is 104 Å². The van der Waals surface area contributed by atoms with Crippen LogP contribution in [0.4, 0.5) is 13.2 Å². The lowest BCUT2D eigenvalue weighted by Crippen LogP contribution is -2.30. The van der Waals surface area contributed by atoms with Gasteiger partial charge in [-0.15, -0.1) is 0 Å². The number of likely N-dealkylation sites (N-methyl/N-ethyl adjacent to an activating group) is 1. The highest BCUT2D eigenvalue weighted by Crippen LogP contribution is 2.31. The summed E-state index contributed by atoms with van der Waals surface area (Å²) in [5, 5.41) is 0. The van der Waals surface area contributed by atoms with Crippen molar-refractivity contribution in [1.82, 2.24) is 4.90 Å². The van der Waals surface area contributed by atoms with Crippen LogP contribution in [0.25, 0.3) is 0 Å². The monoisotopic (exact) mass is 259 g/mol. The lowest BCUT2D eigenvalue weighted by molar-refractivity contribution is -0.137. The van der Waals surface area contributed by atoms with Crippen LogP contribution >= 0.6 is 0 Å². The molecular formula is C13H16F3NO. The summed E-state index contributed by atoms with van der Waals surface area (Å²) in [4.78, 5) is 2.17. The van der Waals surface area contributed by atoms with Crippen molar-refractivity contribution in [3.05, 3.63) is 29.8 Å². The van der Waals surface area contributed by atoms with Gasteiger partial charge in [-0.2, -0.15) is 13.2 Å². The van der Waals surface area contributed by atoms with Crippen molar-refractivity contribution in [2.24, 2.45) is 0 Å². The molecule has 2 rings (SSSR count). The number of ether oxygens (including phenoxy) is 1. The quantitative estimate of drug-likeness (QED) is 0.826. The number of rotatable bonds is 3. The number of likely N-dealkylation sites (tertiary alicyclic amines) is 1. The van der Waals surface area contributed by atoms with Crippen LogP contribution in [-0.4, -0.2) is 31.1 Å². The SMILES string of the molecule is CN1CCCC1COc1cccc(C(F)(F)F)c1. The number of hydrogen-bond donors (Lipinski definition) is 0. The Kier molecular flexibility index (Phi) is 3.80. The highest BCUT2D eigenvalue weighted by Gasteiger charge is 2.30. The van der Waals surface area contributed by atoms with Crippen LogP contribution in [-0.2, 0) is 6.18 Å². The van der Waals surface area contributed by atoms with Gasteiger partial charge in [0.05, 0.1) is 5.56 Å². The number of benzene rings is 1. The van der Waals surface area contributed by atoms with Gasteiger partial charge in [0.1, 0.15) is 12.4 Å². The first kappa shape index (κ1) is 13.2. The van der Waals surface area contributed by atoms with Gasteiger partial charge in [-0.1, -0.05) is 6.07 Å². The van der Waals surface area contributed by atoms with Crippen molar-refractivity contribution >= 4 is 0 Å². The maximum atomic E-state index is 12.5. The summed E-state index contributed by atoms with van der Waals surface area (Å²) in [6.07, 6.45) is -2.16. The first-order valence-electron chi connectivity index (χ1n) is 5.97. The predicted molar refractivity (Wildman–Crippen MR) is 62.6 cm³/mol. The number of alkyl halides is 3. The molecule has 1 aromatic carbocycles. The number of nitrogens with zero attached hydrogens (tertiary/aromatic N) is 1. The number of halogens is 3. The first-order chi connectivity index (χ1) is 8.47. The number of hydrogen-bond acceptors (Lipinski definition) is 2. The fraction of sp³-hybridized carbons (Fsp3) is 0.538. The topological polar surface area (TPSA) is 12.5 Å². The molecule has 0 bridgehead atoms. The molecule has 18 heavy (non-hydrogen) atoms. The lowest BCUT2D eigenvalue weighted by atomic mass is 10.2. The van der Waals surface area contributed by atoms with Crippen molar-refractivity contribution < 1.29 is 17.9 Å². The van der Waals surface area contributed by atoms with Crippen molar-refractivity contribution in [3.8, 4) is 5.75 Å². The molecule has 0 radical (unpaired) electrons. The summed E-state index contributed by atoms with van der Waals surface area (Å²) < 4.78 is 43.0. The Morgan fingerprint density at radius 3 is 2.78 bits per heavy atom. The standard InChI is InChI=1S/C13H16F3NO/c1-17-7-3-5-11(17)9-18-12-6-2-4-10(8-12)13(14,15)16/h2,4,6,8,11H,3,5,7,9H2,1H3.